The fourth-order valence-corrected chi connectivity index (χ4v) is 2.00. The van der Waals surface area contributed by atoms with Crippen molar-refractivity contribution >= 4 is 5.97 Å². The monoisotopic (exact) mass is 206 g/mol. The summed E-state index contributed by atoms with van der Waals surface area (Å²) >= 11 is 0. The quantitative estimate of drug-likeness (QED) is 0.673. The Morgan fingerprint density at radius 2 is 1.93 bits per heavy atom. The smallest absolute Gasteiger partial charge is 0.310 e. The van der Waals surface area contributed by atoms with Crippen LogP contribution in [0.3, 0.4) is 0 Å². The van der Waals surface area contributed by atoms with E-state index in [0.717, 1.165) is 5.56 Å². The van der Waals surface area contributed by atoms with Gasteiger partial charge >= 0.3 is 5.97 Å². The molecule has 3 unspecified atom stereocenters. The average molecular weight is 206 g/mol. The first-order valence-electron chi connectivity index (χ1n) is 4.99. The maximum atomic E-state index is 11.1. The topological polar surface area (TPSA) is 61.4 Å². The van der Waals surface area contributed by atoms with E-state index in [1.165, 1.54) is 0 Å². The molecule has 1 aromatic rings. The van der Waals surface area contributed by atoms with E-state index < -0.39 is 11.9 Å². The predicted molar refractivity (Wildman–Crippen MR) is 56.0 cm³/mol. The van der Waals surface area contributed by atoms with Crippen molar-refractivity contribution < 1.29 is 9.90 Å². The van der Waals surface area contributed by atoms with E-state index in [1.54, 1.807) is 0 Å². The van der Waals surface area contributed by atoms with E-state index in [9.17, 15) is 4.79 Å². The molecule has 0 aromatic heterocycles. The van der Waals surface area contributed by atoms with Crippen LogP contribution < -0.4 is 10.9 Å². The van der Waals surface area contributed by atoms with Crippen molar-refractivity contribution in [3.8, 4) is 0 Å². The number of benzene rings is 1. The van der Waals surface area contributed by atoms with Gasteiger partial charge in [-0.15, -0.1) is 0 Å². The van der Waals surface area contributed by atoms with E-state index in [1.807, 2.05) is 37.3 Å². The fourth-order valence-electron chi connectivity index (χ4n) is 2.00. The third kappa shape index (κ3) is 1.86. The Bertz CT molecular complexity index is 353. The summed E-state index contributed by atoms with van der Waals surface area (Å²) in [7, 11) is 0. The normalized spacial score (nSPS) is 30.3. The van der Waals surface area contributed by atoms with Crippen molar-refractivity contribution in [3.63, 3.8) is 0 Å². The molecule has 3 atom stereocenters. The Balaban J connectivity index is 2.26. The lowest BCUT2D eigenvalue weighted by molar-refractivity contribution is -0.142. The highest BCUT2D eigenvalue weighted by Gasteiger charge is 2.39. The van der Waals surface area contributed by atoms with Gasteiger partial charge in [-0.05, 0) is 12.5 Å². The molecule has 1 aromatic carbocycles. The summed E-state index contributed by atoms with van der Waals surface area (Å²) < 4.78 is 0. The molecule has 2 rings (SSSR count). The first-order chi connectivity index (χ1) is 7.20. The third-order valence-corrected chi connectivity index (χ3v) is 2.81. The molecule has 4 heteroatoms. The molecule has 4 nitrogen and oxygen atoms in total. The molecule has 1 heterocycles. The Kier molecular flexibility index (Phi) is 2.70. The molecule has 80 valence electrons. The van der Waals surface area contributed by atoms with Crippen LogP contribution in [-0.4, -0.2) is 17.1 Å². The molecule has 3 N–H and O–H groups in total. The second kappa shape index (κ2) is 4.00. The van der Waals surface area contributed by atoms with Gasteiger partial charge in [-0.1, -0.05) is 30.3 Å². The number of nitrogens with one attached hydrogen (secondary N) is 2. The summed E-state index contributed by atoms with van der Waals surface area (Å²) in [5.74, 6) is -1.19. The van der Waals surface area contributed by atoms with Gasteiger partial charge in [0.1, 0.15) is 0 Å². The van der Waals surface area contributed by atoms with Crippen molar-refractivity contribution in [2.45, 2.75) is 19.0 Å². The number of hydrazine groups is 1. The zero-order chi connectivity index (χ0) is 10.8. The lowest BCUT2D eigenvalue weighted by Crippen LogP contribution is -2.30. The van der Waals surface area contributed by atoms with Gasteiger partial charge in [-0.25, -0.2) is 5.43 Å². The standard InChI is InChI=1S/C11H14N2O2/c1-7-9(11(14)15)10(13-12-7)8-5-3-2-4-6-8/h2-7,9-10,12-13H,1H3,(H,14,15). The minimum Gasteiger partial charge on any atom is -0.481 e. The van der Waals surface area contributed by atoms with E-state index in [0.29, 0.717) is 0 Å². The van der Waals surface area contributed by atoms with Crippen LogP contribution in [0, 0.1) is 5.92 Å². The van der Waals surface area contributed by atoms with Crippen LogP contribution in [0.15, 0.2) is 30.3 Å². The van der Waals surface area contributed by atoms with Crippen LogP contribution in [0.5, 0.6) is 0 Å². The van der Waals surface area contributed by atoms with Gasteiger partial charge in [0.2, 0.25) is 0 Å². The molecule has 0 radical (unpaired) electrons. The van der Waals surface area contributed by atoms with Gasteiger partial charge in [-0.3, -0.25) is 10.2 Å². The van der Waals surface area contributed by atoms with Crippen LogP contribution >= 0.6 is 0 Å². The molecule has 1 fully saturated rings. The van der Waals surface area contributed by atoms with Crippen LogP contribution in [0.1, 0.15) is 18.5 Å². The molecule has 1 saturated heterocycles. The summed E-state index contributed by atoms with van der Waals surface area (Å²) in [5.41, 5.74) is 6.99. The highest BCUT2D eigenvalue weighted by Crippen LogP contribution is 2.28. The lowest BCUT2D eigenvalue weighted by Gasteiger charge is -2.16. The summed E-state index contributed by atoms with van der Waals surface area (Å²) in [5, 5.41) is 9.14. The summed E-state index contributed by atoms with van der Waals surface area (Å²) in [6.07, 6.45) is 0. The van der Waals surface area contributed by atoms with Crippen molar-refractivity contribution in [2.24, 2.45) is 5.92 Å². The molecule has 0 spiro atoms. The Morgan fingerprint density at radius 3 is 2.53 bits per heavy atom. The number of hydrogen-bond acceptors (Lipinski definition) is 3. The van der Waals surface area contributed by atoms with E-state index in [2.05, 4.69) is 10.9 Å². The number of rotatable bonds is 2. The Morgan fingerprint density at radius 1 is 1.27 bits per heavy atom. The van der Waals surface area contributed by atoms with Crippen molar-refractivity contribution in [1.29, 1.82) is 0 Å². The number of carbonyl (C=O) groups is 1. The first-order valence-corrected chi connectivity index (χ1v) is 4.99. The summed E-state index contributed by atoms with van der Waals surface area (Å²) in [4.78, 5) is 11.1. The molecule has 15 heavy (non-hydrogen) atoms. The van der Waals surface area contributed by atoms with E-state index in [4.69, 9.17) is 5.11 Å². The maximum absolute atomic E-state index is 11.1. The van der Waals surface area contributed by atoms with Crippen molar-refractivity contribution in [2.75, 3.05) is 0 Å². The lowest BCUT2D eigenvalue weighted by atomic mass is 9.90. The molecular formula is C11H14N2O2. The number of carboxylic acid groups (broad SMARTS) is 1. The van der Waals surface area contributed by atoms with E-state index >= 15 is 0 Å². The SMILES string of the molecule is CC1NNC(c2ccccc2)C1C(=O)O. The van der Waals surface area contributed by atoms with Crippen LogP contribution in [0.2, 0.25) is 0 Å². The van der Waals surface area contributed by atoms with Gasteiger partial charge in [0.25, 0.3) is 0 Å². The Hall–Kier alpha value is -1.39. The summed E-state index contributed by atoms with van der Waals surface area (Å²) in [6, 6.07) is 9.41. The zero-order valence-corrected chi connectivity index (χ0v) is 8.47. The number of aliphatic carboxylic acids is 1. The molecule has 0 bridgehead atoms. The third-order valence-electron chi connectivity index (χ3n) is 2.81. The molecular weight excluding hydrogens is 192 g/mol. The minimum absolute atomic E-state index is 0.0623. The number of carboxylic acids is 1. The molecule has 0 saturated carbocycles. The molecule has 1 aliphatic heterocycles. The summed E-state index contributed by atoms with van der Waals surface area (Å²) in [6.45, 7) is 1.87. The molecule has 0 amide bonds. The van der Waals surface area contributed by atoms with Crippen LogP contribution in [0.4, 0.5) is 0 Å². The van der Waals surface area contributed by atoms with Crippen LogP contribution in [-0.2, 0) is 4.79 Å². The Labute approximate surface area is 88.3 Å². The van der Waals surface area contributed by atoms with Gasteiger partial charge < -0.3 is 5.11 Å². The fraction of sp³-hybridized carbons (Fsp3) is 0.364. The van der Waals surface area contributed by atoms with Crippen molar-refractivity contribution in [3.05, 3.63) is 35.9 Å². The maximum Gasteiger partial charge on any atom is 0.310 e. The highest BCUT2D eigenvalue weighted by molar-refractivity contribution is 5.72. The van der Waals surface area contributed by atoms with Gasteiger partial charge in [0, 0.05) is 6.04 Å². The highest BCUT2D eigenvalue weighted by atomic mass is 16.4. The van der Waals surface area contributed by atoms with Gasteiger partial charge in [0.15, 0.2) is 0 Å². The van der Waals surface area contributed by atoms with Gasteiger partial charge in [0.05, 0.1) is 12.0 Å². The van der Waals surface area contributed by atoms with E-state index in [-0.39, 0.29) is 12.1 Å². The molecule has 0 aliphatic carbocycles. The average Bonchev–Trinajstić information content (AvgIpc) is 2.61. The minimum atomic E-state index is -0.770. The predicted octanol–water partition coefficient (Wildman–Crippen LogP) is 0.925. The zero-order valence-electron chi connectivity index (χ0n) is 8.47. The second-order valence-corrected chi connectivity index (χ2v) is 3.83. The first kappa shape index (κ1) is 10.1. The van der Waals surface area contributed by atoms with Crippen molar-refractivity contribution in [1.82, 2.24) is 10.9 Å². The van der Waals surface area contributed by atoms with Crippen LogP contribution in [0.25, 0.3) is 0 Å². The largest absolute Gasteiger partial charge is 0.481 e. The van der Waals surface area contributed by atoms with Gasteiger partial charge in [-0.2, -0.15) is 0 Å². The molecule has 1 aliphatic rings. The second-order valence-electron chi connectivity index (χ2n) is 3.83. The number of hydrogen-bond donors (Lipinski definition) is 3.